The van der Waals surface area contributed by atoms with Crippen LogP contribution in [0.25, 0.3) is 33.4 Å². The van der Waals surface area contributed by atoms with Gasteiger partial charge in [0.2, 0.25) is 0 Å². The van der Waals surface area contributed by atoms with Crippen molar-refractivity contribution in [2.45, 2.75) is 90.9 Å². The van der Waals surface area contributed by atoms with Crippen molar-refractivity contribution in [1.82, 2.24) is 0 Å². The summed E-state index contributed by atoms with van der Waals surface area (Å²) in [5.74, 6) is 1.08. The van der Waals surface area contributed by atoms with Crippen LogP contribution in [-0.4, -0.2) is 3.21 Å². The van der Waals surface area contributed by atoms with E-state index in [9.17, 15) is 0 Å². The third-order valence-corrected chi connectivity index (χ3v) is 13.1. The minimum absolute atomic E-state index is 0.0380. The Hall–Kier alpha value is -4.45. The normalized spacial score (nSPS) is 13.8. The summed E-state index contributed by atoms with van der Waals surface area (Å²) in [5, 5.41) is 0. The molecule has 2 atom stereocenters. The number of rotatable bonds is 6. The van der Waals surface area contributed by atoms with Crippen LogP contribution in [0.3, 0.4) is 0 Å². The van der Waals surface area contributed by atoms with E-state index in [1.807, 2.05) is 12.2 Å². The molecule has 0 saturated carbocycles. The molecule has 0 spiro atoms. The zero-order valence-corrected chi connectivity index (χ0v) is 37.0. The van der Waals surface area contributed by atoms with Gasteiger partial charge in [0.25, 0.3) is 0 Å². The van der Waals surface area contributed by atoms with Gasteiger partial charge in [-0.2, -0.15) is 6.08 Å². The zero-order valence-electron chi connectivity index (χ0n) is 34.6. The molecule has 0 saturated heterocycles. The number of benzene rings is 6. The van der Waals surface area contributed by atoms with Gasteiger partial charge >= 0.3 is 125 Å². The second-order valence-corrected chi connectivity index (χ2v) is 18.6. The Labute approximate surface area is 352 Å². The van der Waals surface area contributed by atoms with E-state index in [2.05, 4.69) is 213 Å². The van der Waals surface area contributed by atoms with Gasteiger partial charge in [-0.15, -0.1) is 35.2 Å². The third kappa shape index (κ3) is 9.91. The van der Waals surface area contributed by atoms with Gasteiger partial charge in [0.1, 0.15) is 0 Å². The van der Waals surface area contributed by atoms with Crippen LogP contribution in [0.5, 0.6) is 0 Å². The summed E-state index contributed by atoms with van der Waals surface area (Å²) in [6.45, 7) is 18.5. The maximum atomic E-state index is 3.88. The van der Waals surface area contributed by atoms with Gasteiger partial charge in [-0.05, 0) is 39.5 Å². The second-order valence-electron chi connectivity index (χ2n) is 17.1. The fourth-order valence-electron chi connectivity index (χ4n) is 7.66. The van der Waals surface area contributed by atoms with Crippen LogP contribution in [0.15, 0.2) is 158 Å². The van der Waals surface area contributed by atoms with Gasteiger partial charge in [0.05, 0.1) is 0 Å². The molecule has 0 amide bonds. The molecule has 0 aromatic heterocycles. The van der Waals surface area contributed by atoms with E-state index in [1.165, 1.54) is 66.8 Å². The van der Waals surface area contributed by atoms with Crippen LogP contribution in [0.4, 0.5) is 0 Å². The summed E-state index contributed by atoms with van der Waals surface area (Å²) >= 11 is 1.54. The first-order valence-electron chi connectivity index (χ1n) is 20.1. The average molecular weight is 808 g/mol. The Morgan fingerprint density at radius 1 is 0.571 bits per heavy atom. The Morgan fingerprint density at radius 2 is 1.05 bits per heavy atom. The van der Waals surface area contributed by atoms with Crippen molar-refractivity contribution in [1.29, 1.82) is 0 Å². The molecule has 0 nitrogen and oxygen atoms in total. The number of hydrogen-bond acceptors (Lipinski definition) is 0. The van der Waals surface area contributed by atoms with Crippen LogP contribution in [0.2, 0.25) is 0 Å². The molecule has 280 valence electrons. The summed E-state index contributed by atoms with van der Waals surface area (Å²) in [6, 6.07) is 54.4. The Kier molecular flexibility index (Phi) is 13.4. The minimum atomic E-state index is 0.0380. The van der Waals surface area contributed by atoms with Gasteiger partial charge in [-0.1, -0.05) is 131 Å². The van der Waals surface area contributed by atoms with Crippen molar-refractivity contribution >= 4 is 3.21 Å². The number of fused-ring (bicyclic) bond motifs is 3. The standard InChI is InChI=1S/C33H33.C17H18.C5H5.Zr/c1-32(2,3)30-20-26-24(18-28(30)22-13-9-7-10-14-22)17-25-19-29(23-15-11-8-12-16-23)31(21-27(25)26)33(4,5)6;1-14(16-9-5-3-6-10-16)13-15(2)17-11-7-4-8-12-17;1-2-4-5-3-1;/h7-16,18,20-21H,17H2,1-6H3;3-12,14-15H,1-2H3;1-3H,4H2;/q-1;;-1;+2. The van der Waals surface area contributed by atoms with Crippen LogP contribution >= 0.6 is 0 Å². The fourth-order valence-corrected chi connectivity index (χ4v) is 8.48. The fraction of sp³-hybridized carbons (Fsp3) is 0.255. The predicted molar refractivity (Wildman–Crippen MR) is 238 cm³/mol. The summed E-state index contributed by atoms with van der Waals surface area (Å²) in [5.41, 5.74) is 16.3. The molecular weight excluding hydrogens is 752 g/mol. The van der Waals surface area contributed by atoms with E-state index >= 15 is 0 Å². The number of hydrogen-bond donors (Lipinski definition) is 0. The van der Waals surface area contributed by atoms with Gasteiger partial charge in [0, 0.05) is 0 Å². The van der Waals surface area contributed by atoms with Crippen molar-refractivity contribution < 1.29 is 24.2 Å². The van der Waals surface area contributed by atoms with Gasteiger partial charge in [-0.3, -0.25) is 6.08 Å². The van der Waals surface area contributed by atoms with Crippen LogP contribution in [0, 0.1) is 12.1 Å². The summed E-state index contributed by atoms with van der Waals surface area (Å²) in [7, 11) is 0. The maximum absolute atomic E-state index is 3.88. The first-order chi connectivity index (χ1) is 26.8. The molecular formula is C55H56Zr. The smallest absolute Gasteiger partial charge is 0.109 e. The Morgan fingerprint density at radius 3 is 1.50 bits per heavy atom. The van der Waals surface area contributed by atoms with E-state index in [4.69, 9.17) is 0 Å². The third-order valence-electron chi connectivity index (χ3n) is 10.9. The molecule has 6 aromatic carbocycles. The van der Waals surface area contributed by atoms with E-state index in [1.54, 1.807) is 27.4 Å². The molecule has 0 bridgehead atoms. The Balaban J connectivity index is 0.000000192. The summed E-state index contributed by atoms with van der Waals surface area (Å²) < 4.78 is 1.61. The van der Waals surface area contributed by atoms with Gasteiger partial charge < -0.3 is 0 Å². The molecule has 0 N–H and O–H groups in total. The van der Waals surface area contributed by atoms with E-state index in [0.29, 0.717) is 11.8 Å². The molecule has 2 aliphatic carbocycles. The number of allylic oxidation sites excluding steroid dienone is 4. The van der Waals surface area contributed by atoms with Gasteiger partial charge in [0.15, 0.2) is 0 Å². The molecule has 1 heteroatoms. The monoisotopic (exact) mass is 806 g/mol. The van der Waals surface area contributed by atoms with E-state index in [-0.39, 0.29) is 10.8 Å². The minimum Gasteiger partial charge on any atom is -0.273 e. The van der Waals surface area contributed by atoms with Crippen molar-refractivity contribution in [3.63, 3.8) is 0 Å². The molecule has 2 aliphatic rings. The topological polar surface area (TPSA) is 0 Å². The molecule has 0 fully saturated rings. The van der Waals surface area contributed by atoms with Crippen molar-refractivity contribution in [2.75, 3.05) is 0 Å². The quantitative estimate of drug-likeness (QED) is 0.147. The molecule has 0 radical (unpaired) electrons. The first-order valence-corrected chi connectivity index (χ1v) is 21.3. The SMILES string of the molecule is CC(C)(C)c1cc2c([c-]c1-c1ccccc1)Cc1cc(-c3ccccc3)c(C(C)(C)C)cc1-2.CC([C](=[Zr+2])C(C)c1ccccc1)c1ccccc1.[C-]1=CC=CC1. The van der Waals surface area contributed by atoms with Crippen LogP contribution < -0.4 is 0 Å². The molecule has 56 heavy (non-hydrogen) atoms. The largest absolute Gasteiger partial charge is 0.273 e. The predicted octanol–water partition coefficient (Wildman–Crippen LogP) is 14.6. The Bertz CT molecular complexity index is 2120. The molecule has 0 heterocycles. The summed E-state index contributed by atoms with van der Waals surface area (Å²) in [6.07, 6.45) is 10.9. The van der Waals surface area contributed by atoms with Crippen molar-refractivity contribution in [3.8, 4) is 33.4 Å². The van der Waals surface area contributed by atoms with E-state index < -0.39 is 0 Å². The first kappa shape index (κ1) is 41.2. The maximum Gasteiger partial charge on any atom is -0.109 e. The molecule has 2 unspecified atom stereocenters. The van der Waals surface area contributed by atoms with Crippen molar-refractivity contribution in [2.24, 2.45) is 0 Å². The molecule has 8 rings (SSSR count). The summed E-state index contributed by atoms with van der Waals surface area (Å²) in [4.78, 5) is 0. The zero-order chi connectivity index (χ0) is 39.9. The van der Waals surface area contributed by atoms with Crippen molar-refractivity contribution in [3.05, 3.63) is 203 Å². The van der Waals surface area contributed by atoms with Crippen LogP contribution in [0.1, 0.15) is 107 Å². The molecule has 6 aromatic rings. The second kappa shape index (κ2) is 18.2. The van der Waals surface area contributed by atoms with Crippen LogP contribution in [-0.2, 0) is 41.5 Å². The molecule has 0 aliphatic heterocycles. The van der Waals surface area contributed by atoms with Gasteiger partial charge in [-0.25, -0.2) is 12.2 Å². The van der Waals surface area contributed by atoms with E-state index in [0.717, 1.165) is 12.8 Å². The average Bonchev–Trinajstić information content (AvgIpc) is 3.92.